The van der Waals surface area contributed by atoms with Crippen LogP contribution in [0.2, 0.25) is 0 Å². The zero-order valence-corrected chi connectivity index (χ0v) is 11.2. The highest BCUT2D eigenvalue weighted by Crippen LogP contribution is 2.56. The first-order valence-corrected chi connectivity index (χ1v) is 7.73. The van der Waals surface area contributed by atoms with Gasteiger partial charge in [0.25, 0.3) is 0 Å². The average Bonchev–Trinajstić information content (AvgIpc) is 2.20. The number of alkyl halides is 1. The molecule has 0 aromatic heterocycles. The van der Waals surface area contributed by atoms with Crippen molar-refractivity contribution in [3.05, 3.63) is 0 Å². The van der Waals surface area contributed by atoms with Gasteiger partial charge in [-0.25, -0.2) is 4.39 Å². The van der Waals surface area contributed by atoms with Gasteiger partial charge in [0.2, 0.25) is 5.41 Å². The molecule has 0 saturated heterocycles. The van der Waals surface area contributed by atoms with E-state index >= 15 is 0 Å². The molecule has 0 aliphatic rings. The summed E-state index contributed by atoms with van der Waals surface area (Å²) in [6.07, 6.45) is 4.65. The van der Waals surface area contributed by atoms with Crippen LogP contribution in [0.15, 0.2) is 0 Å². The van der Waals surface area contributed by atoms with Gasteiger partial charge in [-0.15, -0.1) is 0 Å². The van der Waals surface area contributed by atoms with Crippen molar-refractivity contribution in [1.29, 1.82) is 0 Å². The lowest BCUT2D eigenvalue weighted by Crippen LogP contribution is -2.23. The molecule has 98 valence electrons. The van der Waals surface area contributed by atoms with Crippen molar-refractivity contribution in [2.24, 2.45) is 0 Å². The molecule has 16 heavy (non-hydrogen) atoms. The van der Waals surface area contributed by atoms with Crippen LogP contribution < -0.4 is 0 Å². The van der Waals surface area contributed by atoms with Gasteiger partial charge in [0.05, 0.1) is 0 Å². The first kappa shape index (κ1) is 16.1. The lowest BCUT2D eigenvalue weighted by Gasteiger charge is -2.26. The van der Waals surface area contributed by atoms with Gasteiger partial charge >= 0.3 is 7.60 Å². The monoisotopic (exact) mass is 254 g/mol. The molecule has 5 heteroatoms. The molecule has 0 aromatic carbocycles. The zero-order valence-electron chi connectivity index (χ0n) is 10.3. The normalized spacial score (nSPS) is 16.1. The van der Waals surface area contributed by atoms with E-state index < -0.39 is 13.0 Å². The molecular weight excluding hydrogens is 230 g/mol. The molecule has 0 rings (SSSR count). The fourth-order valence-electron chi connectivity index (χ4n) is 1.69. The van der Waals surface area contributed by atoms with Crippen LogP contribution in [0.1, 0.15) is 65.2 Å². The number of rotatable bonds is 9. The summed E-state index contributed by atoms with van der Waals surface area (Å²) in [6.45, 7) is 3.93. The topological polar surface area (TPSA) is 57.5 Å². The minimum Gasteiger partial charge on any atom is -0.322 e. The SMILES string of the molecule is CCCCCCC(F)(CCCC)P(=O)(O)O. The molecule has 1 unspecified atom stereocenters. The lowest BCUT2D eigenvalue weighted by molar-refractivity contribution is 0.171. The summed E-state index contributed by atoms with van der Waals surface area (Å²) in [5, 5.41) is -2.29. The summed E-state index contributed by atoms with van der Waals surface area (Å²) >= 11 is 0. The van der Waals surface area contributed by atoms with Crippen molar-refractivity contribution in [2.45, 2.75) is 70.6 Å². The van der Waals surface area contributed by atoms with Gasteiger partial charge in [-0.2, -0.15) is 0 Å². The molecule has 0 amide bonds. The van der Waals surface area contributed by atoms with Crippen molar-refractivity contribution < 1.29 is 18.7 Å². The van der Waals surface area contributed by atoms with Gasteiger partial charge in [0, 0.05) is 0 Å². The maximum Gasteiger partial charge on any atom is 0.362 e. The van der Waals surface area contributed by atoms with Crippen molar-refractivity contribution in [3.8, 4) is 0 Å². The van der Waals surface area contributed by atoms with Gasteiger partial charge < -0.3 is 9.79 Å². The fraction of sp³-hybridized carbons (Fsp3) is 1.00. The van der Waals surface area contributed by atoms with Crippen LogP contribution in [-0.2, 0) is 4.57 Å². The lowest BCUT2D eigenvalue weighted by atomic mass is 10.1. The molecule has 0 aromatic rings. The predicted molar refractivity (Wildman–Crippen MR) is 64.2 cm³/mol. The Hall–Kier alpha value is 0.0800. The van der Waals surface area contributed by atoms with E-state index in [0.717, 1.165) is 25.7 Å². The van der Waals surface area contributed by atoms with Gasteiger partial charge in [0.1, 0.15) is 0 Å². The summed E-state index contributed by atoms with van der Waals surface area (Å²) in [5.74, 6) is 0. The Morgan fingerprint density at radius 3 is 1.94 bits per heavy atom. The quantitative estimate of drug-likeness (QED) is 0.483. The molecule has 2 N–H and O–H groups in total. The van der Waals surface area contributed by atoms with E-state index in [1.165, 1.54) is 0 Å². The number of halogens is 1. The van der Waals surface area contributed by atoms with Crippen molar-refractivity contribution in [3.63, 3.8) is 0 Å². The van der Waals surface area contributed by atoms with E-state index in [1.807, 2.05) is 13.8 Å². The Morgan fingerprint density at radius 1 is 1.00 bits per heavy atom. The Balaban J connectivity index is 4.26. The minimum atomic E-state index is -4.63. The van der Waals surface area contributed by atoms with E-state index in [1.54, 1.807) is 0 Å². The minimum absolute atomic E-state index is 0.0166. The molecule has 0 bridgehead atoms. The second kappa shape index (κ2) is 7.41. The fourth-order valence-corrected chi connectivity index (χ4v) is 2.59. The van der Waals surface area contributed by atoms with Crippen LogP contribution in [0.4, 0.5) is 4.39 Å². The Kier molecular flexibility index (Phi) is 7.45. The highest BCUT2D eigenvalue weighted by atomic mass is 31.2. The van der Waals surface area contributed by atoms with Gasteiger partial charge in [-0.05, 0) is 25.7 Å². The number of hydrogen-bond donors (Lipinski definition) is 2. The predicted octanol–water partition coefficient (Wildman–Crippen LogP) is 3.99. The number of hydrogen-bond acceptors (Lipinski definition) is 1. The van der Waals surface area contributed by atoms with Crippen LogP contribution in [0.3, 0.4) is 0 Å². The summed E-state index contributed by atoms with van der Waals surface area (Å²) < 4.78 is 25.3. The smallest absolute Gasteiger partial charge is 0.322 e. The summed E-state index contributed by atoms with van der Waals surface area (Å²) in [6, 6.07) is 0. The second-order valence-electron chi connectivity index (χ2n) is 4.38. The first-order chi connectivity index (χ1) is 7.37. The Labute approximate surface area is 97.6 Å². The molecule has 0 aliphatic heterocycles. The van der Waals surface area contributed by atoms with Crippen LogP contribution in [-0.4, -0.2) is 15.2 Å². The zero-order chi connectivity index (χ0) is 12.7. The number of unbranched alkanes of at least 4 members (excludes halogenated alkanes) is 4. The third-order valence-electron chi connectivity index (χ3n) is 2.85. The van der Waals surface area contributed by atoms with E-state index in [2.05, 4.69) is 0 Å². The van der Waals surface area contributed by atoms with Crippen molar-refractivity contribution in [1.82, 2.24) is 0 Å². The highest BCUT2D eigenvalue weighted by molar-refractivity contribution is 7.53. The Bertz CT molecular complexity index is 229. The van der Waals surface area contributed by atoms with E-state index in [0.29, 0.717) is 12.8 Å². The average molecular weight is 254 g/mol. The van der Waals surface area contributed by atoms with Crippen molar-refractivity contribution >= 4 is 7.60 Å². The maximum atomic E-state index is 14.1. The first-order valence-electron chi connectivity index (χ1n) is 6.12. The molecule has 0 aliphatic carbocycles. The largest absolute Gasteiger partial charge is 0.362 e. The molecule has 0 heterocycles. The molecule has 0 radical (unpaired) electrons. The third-order valence-corrected chi connectivity index (χ3v) is 4.34. The molecule has 1 atom stereocenters. The second-order valence-corrected chi connectivity index (χ2v) is 6.27. The molecule has 0 saturated carbocycles. The Morgan fingerprint density at radius 2 is 1.50 bits per heavy atom. The highest BCUT2D eigenvalue weighted by Gasteiger charge is 2.46. The summed E-state index contributed by atoms with van der Waals surface area (Å²) in [7, 11) is -4.63. The standard InChI is InChI=1S/C11H24FO3P/c1-3-5-7-8-10-11(12,9-6-4-2)16(13,14)15/h3-10H2,1-2H3,(H2,13,14,15). The maximum absolute atomic E-state index is 14.1. The van der Waals surface area contributed by atoms with E-state index in [9.17, 15) is 8.96 Å². The third kappa shape index (κ3) is 5.42. The van der Waals surface area contributed by atoms with Gasteiger partial charge in [-0.1, -0.05) is 39.5 Å². The molecule has 0 spiro atoms. The van der Waals surface area contributed by atoms with Crippen molar-refractivity contribution in [2.75, 3.05) is 0 Å². The molecule has 0 fully saturated rings. The molecular formula is C11H24FO3P. The van der Waals surface area contributed by atoms with E-state index in [4.69, 9.17) is 9.79 Å². The summed E-state index contributed by atoms with van der Waals surface area (Å²) in [4.78, 5) is 18.1. The van der Waals surface area contributed by atoms with Crippen LogP contribution in [0, 0.1) is 0 Å². The van der Waals surface area contributed by atoms with Gasteiger partial charge in [-0.3, -0.25) is 4.57 Å². The molecule has 3 nitrogen and oxygen atoms in total. The van der Waals surface area contributed by atoms with Crippen LogP contribution in [0.5, 0.6) is 0 Å². The summed E-state index contributed by atoms with van der Waals surface area (Å²) in [5.41, 5.74) is 0. The van der Waals surface area contributed by atoms with Crippen LogP contribution >= 0.6 is 7.60 Å². The van der Waals surface area contributed by atoms with E-state index in [-0.39, 0.29) is 12.8 Å². The van der Waals surface area contributed by atoms with Crippen LogP contribution in [0.25, 0.3) is 0 Å². The van der Waals surface area contributed by atoms with Gasteiger partial charge in [0.15, 0.2) is 0 Å².